The Bertz CT molecular complexity index is 900. The first-order chi connectivity index (χ1) is 11.3. The summed E-state index contributed by atoms with van der Waals surface area (Å²) in [5.41, 5.74) is 0.464. The van der Waals surface area contributed by atoms with Gasteiger partial charge in [0.15, 0.2) is 20.6 Å². The first-order valence-electron chi connectivity index (χ1n) is 7.05. The van der Waals surface area contributed by atoms with Gasteiger partial charge in [0.1, 0.15) is 0 Å². The zero-order valence-electron chi connectivity index (χ0n) is 12.6. The Morgan fingerprint density at radius 2 is 2.21 bits per heavy atom. The molecule has 0 aliphatic carbocycles. The Morgan fingerprint density at radius 1 is 1.46 bits per heavy atom. The average Bonchev–Trinajstić information content (AvgIpc) is 3.07. The molecule has 130 valence electrons. The van der Waals surface area contributed by atoms with Gasteiger partial charge in [-0.15, -0.1) is 10.2 Å². The quantitative estimate of drug-likeness (QED) is 0.716. The Hall–Kier alpha value is -1.03. The van der Waals surface area contributed by atoms with Crippen LogP contribution in [0.2, 0.25) is 10.0 Å². The van der Waals surface area contributed by atoms with E-state index in [0.717, 1.165) is 0 Å². The predicted octanol–water partition coefficient (Wildman–Crippen LogP) is 1.77. The standard InChI is InChI=1S/C13H14Cl2N4O3S2/c1-18(9-2-3-24(21,22)7-9)11(20)6-23-13-17-16-12-10(15)4-8(14)5-19(12)13/h4-5,9H,2-3,6-7H2,1H3. The third kappa shape index (κ3) is 3.63. The van der Waals surface area contributed by atoms with E-state index in [9.17, 15) is 13.2 Å². The van der Waals surface area contributed by atoms with Crippen LogP contribution in [0.1, 0.15) is 6.42 Å². The lowest BCUT2D eigenvalue weighted by Gasteiger charge is -2.23. The van der Waals surface area contributed by atoms with Crippen LogP contribution in [0.4, 0.5) is 0 Å². The molecule has 24 heavy (non-hydrogen) atoms. The number of sulfone groups is 1. The van der Waals surface area contributed by atoms with Crippen LogP contribution in [-0.2, 0) is 14.6 Å². The largest absolute Gasteiger partial charge is 0.341 e. The van der Waals surface area contributed by atoms with Gasteiger partial charge in [0, 0.05) is 19.3 Å². The minimum atomic E-state index is -3.03. The minimum Gasteiger partial charge on any atom is -0.341 e. The molecule has 7 nitrogen and oxygen atoms in total. The van der Waals surface area contributed by atoms with Gasteiger partial charge < -0.3 is 4.90 Å². The number of nitrogens with zero attached hydrogens (tertiary/aromatic N) is 4. The number of carbonyl (C=O) groups excluding carboxylic acids is 1. The number of pyridine rings is 1. The van der Waals surface area contributed by atoms with E-state index < -0.39 is 9.84 Å². The van der Waals surface area contributed by atoms with Crippen LogP contribution < -0.4 is 0 Å². The molecule has 1 saturated heterocycles. The molecule has 3 heterocycles. The maximum Gasteiger partial charge on any atom is 0.233 e. The van der Waals surface area contributed by atoms with Crippen LogP contribution in [0.25, 0.3) is 5.65 Å². The zero-order chi connectivity index (χ0) is 17.5. The third-order valence-corrected chi connectivity index (χ3v) is 7.03. The molecule has 0 radical (unpaired) electrons. The van der Waals surface area contributed by atoms with Crippen molar-refractivity contribution in [2.24, 2.45) is 0 Å². The van der Waals surface area contributed by atoms with E-state index in [1.54, 1.807) is 23.7 Å². The lowest BCUT2D eigenvalue weighted by atomic mass is 10.2. The van der Waals surface area contributed by atoms with Gasteiger partial charge in [-0.2, -0.15) is 0 Å². The molecule has 0 saturated carbocycles. The molecule has 2 aromatic heterocycles. The van der Waals surface area contributed by atoms with E-state index in [4.69, 9.17) is 23.2 Å². The van der Waals surface area contributed by atoms with Crippen LogP contribution in [-0.4, -0.2) is 64.2 Å². The highest BCUT2D eigenvalue weighted by atomic mass is 35.5. The van der Waals surface area contributed by atoms with Crippen LogP contribution >= 0.6 is 35.0 Å². The molecule has 11 heteroatoms. The van der Waals surface area contributed by atoms with Crippen LogP contribution in [0.3, 0.4) is 0 Å². The Balaban J connectivity index is 1.69. The minimum absolute atomic E-state index is 0.0268. The maximum atomic E-state index is 12.3. The summed E-state index contributed by atoms with van der Waals surface area (Å²) in [6, 6.07) is 1.31. The molecular weight excluding hydrogens is 395 g/mol. The maximum absolute atomic E-state index is 12.3. The molecule has 0 aromatic carbocycles. The van der Waals surface area contributed by atoms with Gasteiger partial charge in [-0.25, -0.2) is 8.42 Å². The Morgan fingerprint density at radius 3 is 2.88 bits per heavy atom. The second-order valence-corrected chi connectivity index (χ2v) is 9.55. The summed E-state index contributed by atoms with van der Waals surface area (Å²) in [6.45, 7) is 0. The number of hydrogen-bond donors (Lipinski definition) is 0. The van der Waals surface area contributed by atoms with Crippen molar-refractivity contribution in [3.63, 3.8) is 0 Å². The molecular formula is C13H14Cl2N4O3S2. The first-order valence-corrected chi connectivity index (χ1v) is 10.6. The van der Waals surface area contributed by atoms with Gasteiger partial charge in [0.05, 0.1) is 27.3 Å². The monoisotopic (exact) mass is 408 g/mol. The summed E-state index contributed by atoms with van der Waals surface area (Å²) in [4.78, 5) is 13.8. The summed E-state index contributed by atoms with van der Waals surface area (Å²) < 4.78 is 24.7. The fourth-order valence-electron chi connectivity index (χ4n) is 2.51. The van der Waals surface area contributed by atoms with Gasteiger partial charge in [-0.05, 0) is 12.5 Å². The summed E-state index contributed by atoms with van der Waals surface area (Å²) in [7, 11) is -1.40. The molecule has 1 aliphatic heterocycles. The van der Waals surface area contributed by atoms with Gasteiger partial charge in [-0.3, -0.25) is 9.20 Å². The number of aromatic nitrogens is 3. The van der Waals surface area contributed by atoms with E-state index in [-0.39, 0.29) is 29.2 Å². The summed E-state index contributed by atoms with van der Waals surface area (Å²) in [5, 5.41) is 9.30. The molecule has 0 bridgehead atoms. The van der Waals surface area contributed by atoms with Crippen molar-refractivity contribution in [3.8, 4) is 0 Å². The average molecular weight is 409 g/mol. The van der Waals surface area contributed by atoms with Crippen molar-refractivity contribution in [3.05, 3.63) is 22.3 Å². The highest BCUT2D eigenvalue weighted by molar-refractivity contribution is 7.99. The predicted molar refractivity (Wildman–Crippen MR) is 93.6 cm³/mol. The molecule has 1 atom stereocenters. The fourth-order valence-corrected chi connectivity index (χ4v) is 5.63. The number of hydrogen-bond acceptors (Lipinski definition) is 6. The van der Waals surface area contributed by atoms with Crippen LogP contribution in [0, 0.1) is 0 Å². The smallest absolute Gasteiger partial charge is 0.233 e. The van der Waals surface area contributed by atoms with Crippen LogP contribution in [0.5, 0.6) is 0 Å². The molecule has 0 spiro atoms. The van der Waals surface area contributed by atoms with E-state index >= 15 is 0 Å². The number of thioether (sulfide) groups is 1. The summed E-state index contributed by atoms with van der Waals surface area (Å²) in [5.74, 6) is 0.123. The molecule has 1 aliphatic rings. The van der Waals surface area contributed by atoms with Crippen molar-refractivity contribution in [2.45, 2.75) is 17.6 Å². The van der Waals surface area contributed by atoms with Crippen molar-refractivity contribution in [1.29, 1.82) is 0 Å². The number of carbonyl (C=O) groups is 1. The zero-order valence-corrected chi connectivity index (χ0v) is 15.8. The van der Waals surface area contributed by atoms with Crippen molar-refractivity contribution >= 4 is 56.4 Å². The molecule has 1 amide bonds. The molecule has 0 N–H and O–H groups in total. The summed E-state index contributed by atoms with van der Waals surface area (Å²) in [6.07, 6.45) is 2.11. The van der Waals surface area contributed by atoms with E-state index in [1.165, 1.54) is 16.7 Å². The van der Waals surface area contributed by atoms with Gasteiger partial charge in [0.25, 0.3) is 0 Å². The number of halogens is 2. The van der Waals surface area contributed by atoms with Gasteiger partial charge >= 0.3 is 0 Å². The SMILES string of the molecule is CN(C(=O)CSc1nnc2c(Cl)cc(Cl)cn12)C1CCS(=O)(=O)C1. The highest BCUT2D eigenvalue weighted by Gasteiger charge is 2.32. The Labute approximate surface area is 153 Å². The van der Waals surface area contributed by atoms with E-state index in [2.05, 4.69) is 10.2 Å². The summed E-state index contributed by atoms with van der Waals surface area (Å²) >= 11 is 13.2. The first kappa shape index (κ1) is 17.8. The molecule has 2 aromatic rings. The topological polar surface area (TPSA) is 84.6 Å². The number of fused-ring (bicyclic) bond motifs is 1. The Kier molecular flexibility index (Phi) is 4.96. The number of rotatable bonds is 4. The number of amides is 1. The lowest BCUT2D eigenvalue weighted by Crippen LogP contribution is -2.38. The van der Waals surface area contributed by atoms with Crippen molar-refractivity contribution in [2.75, 3.05) is 24.3 Å². The fraction of sp³-hybridized carbons (Fsp3) is 0.462. The van der Waals surface area contributed by atoms with E-state index in [1.807, 2.05) is 0 Å². The van der Waals surface area contributed by atoms with E-state index in [0.29, 0.717) is 27.3 Å². The molecule has 1 unspecified atom stereocenters. The second-order valence-electron chi connectivity index (χ2n) is 5.53. The molecule has 1 fully saturated rings. The van der Waals surface area contributed by atoms with Crippen LogP contribution in [0.15, 0.2) is 17.4 Å². The van der Waals surface area contributed by atoms with Crippen molar-refractivity contribution in [1.82, 2.24) is 19.5 Å². The molecule has 3 rings (SSSR count). The third-order valence-electron chi connectivity index (χ3n) is 3.87. The second kappa shape index (κ2) is 6.70. The van der Waals surface area contributed by atoms with Crippen molar-refractivity contribution < 1.29 is 13.2 Å². The highest BCUT2D eigenvalue weighted by Crippen LogP contribution is 2.26. The normalized spacial score (nSPS) is 19.7. The van der Waals surface area contributed by atoms with Gasteiger partial charge in [-0.1, -0.05) is 35.0 Å². The lowest BCUT2D eigenvalue weighted by molar-refractivity contribution is -0.128. The van der Waals surface area contributed by atoms with Gasteiger partial charge in [0.2, 0.25) is 5.91 Å².